The van der Waals surface area contributed by atoms with Crippen molar-refractivity contribution in [3.05, 3.63) is 70.7 Å². The normalized spacial score (nSPS) is 23.9. The first-order valence-electron chi connectivity index (χ1n) is 15.0. The van der Waals surface area contributed by atoms with Gasteiger partial charge in [0.25, 0.3) is 5.91 Å². The van der Waals surface area contributed by atoms with Crippen LogP contribution in [0.3, 0.4) is 0 Å². The minimum Gasteiger partial charge on any atom is -0.403 e. The fraction of sp³-hybridized carbons (Fsp3) is 0.588. The number of isocyanates is 1. The molecule has 1 saturated heterocycles. The average Bonchev–Trinajstić information content (AvgIpc) is 3.10. The van der Waals surface area contributed by atoms with Crippen molar-refractivity contribution in [1.29, 1.82) is 5.41 Å². The summed E-state index contributed by atoms with van der Waals surface area (Å²) in [6.07, 6.45) is 6.82. The monoisotopic (exact) mass is 594 g/mol. The summed E-state index contributed by atoms with van der Waals surface area (Å²) in [6, 6.07) is 17.5. The molecule has 0 aromatic heterocycles. The van der Waals surface area contributed by atoms with Crippen molar-refractivity contribution in [1.82, 2.24) is 5.32 Å². The third-order valence-electron chi connectivity index (χ3n) is 10.3. The Morgan fingerprint density at radius 2 is 1.50 bits per heavy atom. The lowest BCUT2D eigenvalue weighted by molar-refractivity contribution is -0.0656. The Hall–Kier alpha value is -2.44. The number of unbranched alkanes of at least 4 members (excludes halogenated alkanes) is 1. The van der Waals surface area contributed by atoms with Crippen molar-refractivity contribution < 1.29 is 18.9 Å². The molecule has 2 fully saturated rings. The van der Waals surface area contributed by atoms with Gasteiger partial charge in [0.15, 0.2) is 0 Å². The summed E-state index contributed by atoms with van der Waals surface area (Å²) >= 11 is 6.23. The van der Waals surface area contributed by atoms with Crippen LogP contribution in [0.1, 0.15) is 103 Å². The van der Waals surface area contributed by atoms with Crippen LogP contribution < -0.4 is 5.32 Å². The molecule has 1 aliphatic heterocycles. The molecule has 1 atom stereocenters. The molecule has 0 bridgehead atoms. The Bertz CT molecular complexity index is 1210. The minimum atomic E-state index is -0.391. The first kappa shape index (κ1) is 34.1. The molecule has 2 aliphatic rings. The second-order valence-corrected chi connectivity index (χ2v) is 14.7. The second kappa shape index (κ2) is 13.1. The van der Waals surface area contributed by atoms with E-state index >= 15 is 0 Å². The van der Waals surface area contributed by atoms with Gasteiger partial charge >= 0.3 is 7.12 Å². The molecule has 8 heteroatoms. The zero-order chi connectivity index (χ0) is 31.4. The van der Waals surface area contributed by atoms with Gasteiger partial charge in [-0.15, -0.1) is 0 Å². The van der Waals surface area contributed by atoms with Crippen LogP contribution in [0.2, 0.25) is 11.3 Å². The van der Waals surface area contributed by atoms with Crippen LogP contribution in [0.5, 0.6) is 0 Å². The first-order valence-corrected chi connectivity index (χ1v) is 15.4. The SMILES string of the molecule is CC(C)(C)C(C)(CCCCB1OC(C)(C)C(C)(C)O1)C1CC(NC(=O)c2ccccc2)(c2ccc(Cl)cc2)C1.N=C=O. The maximum atomic E-state index is 13.3. The summed E-state index contributed by atoms with van der Waals surface area (Å²) in [5, 5.41) is 9.55. The molecule has 4 rings (SSSR count). The van der Waals surface area contributed by atoms with Crippen molar-refractivity contribution in [2.45, 2.75) is 111 Å². The van der Waals surface area contributed by atoms with Gasteiger partial charge in [0, 0.05) is 10.6 Å². The van der Waals surface area contributed by atoms with E-state index in [1.807, 2.05) is 42.5 Å². The van der Waals surface area contributed by atoms with Gasteiger partial charge in [-0.25, -0.2) is 10.2 Å². The van der Waals surface area contributed by atoms with Gasteiger partial charge in [0.2, 0.25) is 6.08 Å². The fourth-order valence-corrected chi connectivity index (χ4v) is 6.49. The van der Waals surface area contributed by atoms with Crippen LogP contribution in [-0.4, -0.2) is 30.3 Å². The highest BCUT2D eigenvalue weighted by molar-refractivity contribution is 6.45. The fourth-order valence-electron chi connectivity index (χ4n) is 6.37. The molecular formula is C34H48BClN2O4. The van der Waals surface area contributed by atoms with E-state index in [0.29, 0.717) is 16.5 Å². The van der Waals surface area contributed by atoms with Gasteiger partial charge in [0.1, 0.15) is 0 Å². The Labute approximate surface area is 257 Å². The summed E-state index contributed by atoms with van der Waals surface area (Å²) in [5.41, 5.74) is 1.11. The van der Waals surface area contributed by atoms with Crippen molar-refractivity contribution in [2.24, 2.45) is 16.7 Å². The van der Waals surface area contributed by atoms with Crippen molar-refractivity contribution in [3.63, 3.8) is 0 Å². The van der Waals surface area contributed by atoms with Gasteiger partial charge in [-0.1, -0.05) is 82.5 Å². The zero-order valence-electron chi connectivity index (χ0n) is 26.6. The predicted octanol–water partition coefficient (Wildman–Crippen LogP) is 8.59. The van der Waals surface area contributed by atoms with E-state index in [9.17, 15) is 4.79 Å². The summed E-state index contributed by atoms with van der Waals surface area (Å²) in [4.78, 5) is 21.7. The molecule has 1 amide bonds. The smallest absolute Gasteiger partial charge is 0.403 e. The molecule has 1 aliphatic carbocycles. The van der Waals surface area contributed by atoms with Crippen LogP contribution in [0, 0.1) is 22.2 Å². The number of benzene rings is 2. The quantitative estimate of drug-likeness (QED) is 0.132. The lowest BCUT2D eigenvalue weighted by atomic mass is 9.48. The zero-order valence-corrected chi connectivity index (χ0v) is 27.4. The van der Waals surface area contributed by atoms with Gasteiger partial charge in [-0.2, -0.15) is 0 Å². The molecule has 1 unspecified atom stereocenters. The van der Waals surface area contributed by atoms with E-state index in [1.165, 1.54) is 0 Å². The number of hydrogen-bond acceptors (Lipinski definition) is 5. The highest BCUT2D eigenvalue weighted by Crippen LogP contribution is 2.60. The van der Waals surface area contributed by atoms with Crippen LogP contribution in [-0.2, 0) is 19.6 Å². The first-order chi connectivity index (χ1) is 19.5. The van der Waals surface area contributed by atoms with Gasteiger partial charge in [0.05, 0.1) is 16.7 Å². The molecule has 42 heavy (non-hydrogen) atoms. The molecule has 0 radical (unpaired) electrons. The molecule has 6 nitrogen and oxygen atoms in total. The summed E-state index contributed by atoms with van der Waals surface area (Å²) in [5.74, 6) is 0.463. The Morgan fingerprint density at radius 3 is 2.00 bits per heavy atom. The highest BCUT2D eigenvalue weighted by atomic mass is 35.5. The molecule has 228 valence electrons. The largest absolute Gasteiger partial charge is 0.457 e. The standard InChI is InChI=1S/C33H47BClNO3.CHNO/c1-29(2,3)32(8,20-12-13-21-34-38-30(4,5)31(6,7)39-34)26-22-33(23-26,25-16-18-27(35)19-17-25)36-28(37)24-14-10-9-11-15-24;2-1-3/h9-11,14-19,26H,12-13,20-23H2,1-8H3,(H,36,37);2H. The van der Waals surface area contributed by atoms with Crippen LogP contribution >= 0.6 is 11.6 Å². The van der Waals surface area contributed by atoms with Crippen molar-refractivity contribution >= 4 is 30.7 Å². The van der Waals surface area contributed by atoms with Crippen LogP contribution in [0.25, 0.3) is 0 Å². The summed E-state index contributed by atoms with van der Waals surface area (Å²) < 4.78 is 12.5. The summed E-state index contributed by atoms with van der Waals surface area (Å²) in [7, 11) is -0.134. The van der Waals surface area contributed by atoms with Crippen molar-refractivity contribution in [3.8, 4) is 0 Å². The summed E-state index contributed by atoms with van der Waals surface area (Å²) in [6.45, 7) is 18.0. The number of halogens is 1. The van der Waals surface area contributed by atoms with E-state index in [0.717, 1.165) is 50.1 Å². The molecular weight excluding hydrogens is 547 g/mol. The van der Waals surface area contributed by atoms with Gasteiger partial charge < -0.3 is 14.6 Å². The maximum absolute atomic E-state index is 13.3. The number of carbonyl (C=O) groups excluding carboxylic acids is 2. The number of nitrogens with one attached hydrogen (secondary N) is 2. The molecule has 2 aromatic carbocycles. The number of rotatable bonds is 9. The third-order valence-corrected chi connectivity index (χ3v) is 10.5. The number of carbonyl (C=O) groups is 1. The lowest BCUT2D eigenvalue weighted by Gasteiger charge is -2.59. The molecule has 1 heterocycles. The van der Waals surface area contributed by atoms with Crippen molar-refractivity contribution in [2.75, 3.05) is 0 Å². The lowest BCUT2D eigenvalue weighted by Crippen LogP contribution is -2.60. The molecule has 1 saturated carbocycles. The van der Waals surface area contributed by atoms with Gasteiger partial charge in [-0.05, 0) is 99.9 Å². The Balaban J connectivity index is 0.00000155. The topological polar surface area (TPSA) is 88.5 Å². The number of hydrogen-bond donors (Lipinski definition) is 2. The van der Waals surface area contributed by atoms with E-state index in [4.69, 9.17) is 31.1 Å². The van der Waals surface area contributed by atoms with Crippen LogP contribution in [0.15, 0.2) is 54.6 Å². The third kappa shape index (κ3) is 7.37. The molecule has 0 spiro atoms. The van der Waals surface area contributed by atoms with E-state index < -0.39 is 5.54 Å². The van der Waals surface area contributed by atoms with E-state index in [-0.39, 0.29) is 35.1 Å². The highest BCUT2D eigenvalue weighted by Gasteiger charge is 2.56. The number of amides is 1. The van der Waals surface area contributed by atoms with E-state index in [1.54, 1.807) is 0 Å². The average molecular weight is 595 g/mol. The van der Waals surface area contributed by atoms with E-state index in [2.05, 4.69) is 72.8 Å². The predicted molar refractivity (Wildman–Crippen MR) is 170 cm³/mol. The Kier molecular flexibility index (Phi) is 10.6. The van der Waals surface area contributed by atoms with Crippen LogP contribution in [0.4, 0.5) is 0 Å². The van der Waals surface area contributed by atoms with Gasteiger partial charge in [-0.3, -0.25) is 4.79 Å². The maximum Gasteiger partial charge on any atom is 0.457 e. The molecule has 2 aromatic rings. The second-order valence-electron chi connectivity index (χ2n) is 14.2. The Morgan fingerprint density at radius 1 is 0.976 bits per heavy atom. The minimum absolute atomic E-state index is 0.0242. The molecule has 2 N–H and O–H groups in total.